The molecule has 0 bridgehead atoms. The first-order valence-electron chi connectivity index (χ1n) is 5.50. The van der Waals surface area contributed by atoms with Gasteiger partial charge in [0, 0.05) is 6.07 Å². The van der Waals surface area contributed by atoms with E-state index in [0.29, 0.717) is 0 Å². The molecule has 0 aliphatic rings. The van der Waals surface area contributed by atoms with Crippen molar-refractivity contribution in [2.24, 2.45) is 0 Å². The van der Waals surface area contributed by atoms with Gasteiger partial charge in [-0.05, 0) is 13.0 Å². The van der Waals surface area contributed by atoms with Crippen molar-refractivity contribution >= 4 is 17.4 Å². The van der Waals surface area contributed by atoms with Crippen molar-refractivity contribution < 1.29 is 9.72 Å². The highest BCUT2D eigenvalue weighted by Gasteiger charge is 2.24. The highest BCUT2D eigenvalue weighted by molar-refractivity contribution is 5.99. The average Bonchev–Trinajstić information content (AvgIpc) is 2.72. The number of nitrogens with zero attached hydrogens (tertiary/aromatic N) is 4. The summed E-state index contributed by atoms with van der Waals surface area (Å²) >= 11 is 0. The largest absolute Gasteiger partial charge is 0.381 e. The van der Waals surface area contributed by atoms with Gasteiger partial charge in [-0.15, -0.1) is 5.10 Å². The molecule has 8 heteroatoms. The minimum absolute atomic E-state index is 0.0805. The van der Waals surface area contributed by atoms with E-state index >= 15 is 0 Å². The summed E-state index contributed by atoms with van der Waals surface area (Å²) in [6.45, 7) is 1.49. The van der Waals surface area contributed by atoms with Gasteiger partial charge in [0.05, 0.1) is 10.6 Å². The summed E-state index contributed by atoms with van der Waals surface area (Å²) in [5.41, 5.74) is 5.40. The van der Waals surface area contributed by atoms with Crippen LogP contribution in [0.25, 0.3) is 0 Å². The van der Waals surface area contributed by atoms with Crippen LogP contribution >= 0.6 is 0 Å². The second-order valence-electron chi connectivity index (χ2n) is 3.95. The van der Waals surface area contributed by atoms with Crippen LogP contribution in [0.1, 0.15) is 21.6 Å². The van der Waals surface area contributed by atoms with Crippen LogP contribution in [0.15, 0.2) is 24.3 Å². The van der Waals surface area contributed by atoms with Crippen molar-refractivity contribution in [2.75, 3.05) is 5.73 Å². The number of aromatic nitrogens is 2. The Bertz CT molecular complexity index is 757. The van der Waals surface area contributed by atoms with E-state index in [0.717, 1.165) is 4.68 Å². The molecule has 0 aliphatic carbocycles. The Morgan fingerprint density at radius 3 is 2.70 bits per heavy atom. The number of carbonyl (C=O) groups is 1. The number of nitrogens with two attached hydrogens (primary N) is 1. The molecular formula is C12H9N5O3. The number of hydrogen-bond donors (Lipinski definition) is 1. The number of benzene rings is 1. The molecule has 0 fully saturated rings. The Balaban J connectivity index is 2.59. The van der Waals surface area contributed by atoms with E-state index in [2.05, 4.69) is 5.10 Å². The molecular weight excluding hydrogens is 262 g/mol. The first-order valence-corrected chi connectivity index (χ1v) is 5.50. The zero-order valence-electron chi connectivity index (χ0n) is 10.4. The fourth-order valence-electron chi connectivity index (χ4n) is 1.79. The average molecular weight is 271 g/mol. The Kier molecular flexibility index (Phi) is 3.18. The van der Waals surface area contributed by atoms with E-state index in [9.17, 15) is 14.9 Å². The SMILES string of the molecule is Cc1c(C#N)c(N)nn1C(=O)c1ccccc1[N+](=O)[O-]. The normalized spacial score (nSPS) is 10.0. The highest BCUT2D eigenvalue weighted by atomic mass is 16.6. The van der Waals surface area contributed by atoms with Crippen LogP contribution in [0, 0.1) is 28.4 Å². The number of para-hydroxylation sites is 1. The minimum atomic E-state index is -0.706. The topological polar surface area (TPSA) is 128 Å². The molecule has 0 radical (unpaired) electrons. The van der Waals surface area contributed by atoms with Crippen molar-refractivity contribution in [3.63, 3.8) is 0 Å². The molecule has 0 amide bonds. The lowest BCUT2D eigenvalue weighted by molar-refractivity contribution is -0.385. The van der Waals surface area contributed by atoms with Gasteiger partial charge in [-0.2, -0.15) is 9.94 Å². The predicted molar refractivity (Wildman–Crippen MR) is 68.9 cm³/mol. The van der Waals surface area contributed by atoms with Crippen LogP contribution in [0.4, 0.5) is 11.5 Å². The summed E-state index contributed by atoms with van der Waals surface area (Å²) in [6, 6.07) is 7.35. The van der Waals surface area contributed by atoms with Gasteiger partial charge in [0.25, 0.3) is 11.6 Å². The molecule has 0 aliphatic heterocycles. The molecule has 100 valence electrons. The number of anilines is 1. The Morgan fingerprint density at radius 2 is 2.15 bits per heavy atom. The van der Waals surface area contributed by atoms with Crippen LogP contribution < -0.4 is 5.73 Å². The minimum Gasteiger partial charge on any atom is -0.381 e. The molecule has 20 heavy (non-hydrogen) atoms. The Morgan fingerprint density at radius 1 is 1.50 bits per heavy atom. The molecule has 1 aromatic heterocycles. The quantitative estimate of drug-likeness (QED) is 0.646. The highest BCUT2D eigenvalue weighted by Crippen LogP contribution is 2.21. The standard InChI is InChI=1S/C12H9N5O3/c1-7-9(6-13)11(14)15-16(7)12(18)8-4-2-3-5-10(8)17(19)20/h2-5H,1H3,(H2,14,15). The maximum Gasteiger partial charge on any atom is 0.285 e. The maximum absolute atomic E-state index is 12.3. The number of nitrogen functional groups attached to an aromatic ring is 1. The Hall–Kier alpha value is -3.21. The molecule has 2 aromatic rings. The van der Waals surface area contributed by atoms with Gasteiger partial charge in [0.15, 0.2) is 5.82 Å². The van der Waals surface area contributed by atoms with E-state index in [1.807, 2.05) is 6.07 Å². The van der Waals surface area contributed by atoms with Crippen LogP contribution in [-0.2, 0) is 0 Å². The second-order valence-corrected chi connectivity index (χ2v) is 3.95. The molecule has 2 N–H and O–H groups in total. The smallest absolute Gasteiger partial charge is 0.285 e. The van der Waals surface area contributed by atoms with Gasteiger partial charge in [0.2, 0.25) is 0 Å². The lowest BCUT2D eigenvalue weighted by Gasteiger charge is -2.03. The summed E-state index contributed by atoms with van der Waals surface area (Å²) in [4.78, 5) is 22.6. The first-order chi connectivity index (χ1) is 9.47. The van der Waals surface area contributed by atoms with E-state index in [4.69, 9.17) is 11.0 Å². The Labute approximate surface area is 113 Å². The molecule has 0 saturated heterocycles. The maximum atomic E-state index is 12.3. The van der Waals surface area contributed by atoms with Gasteiger partial charge in [-0.1, -0.05) is 12.1 Å². The number of rotatable bonds is 2. The summed E-state index contributed by atoms with van der Waals surface area (Å²) < 4.78 is 0.899. The van der Waals surface area contributed by atoms with Crippen LogP contribution in [-0.4, -0.2) is 20.6 Å². The van der Waals surface area contributed by atoms with E-state index in [1.165, 1.54) is 31.2 Å². The van der Waals surface area contributed by atoms with Gasteiger partial charge >= 0.3 is 0 Å². The lowest BCUT2D eigenvalue weighted by Crippen LogP contribution is -2.17. The summed E-state index contributed by atoms with van der Waals surface area (Å²) in [6.07, 6.45) is 0. The van der Waals surface area contributed by atoms with E-state index in [-0.39, 0.29) is 28.3 Å². The number of carbonyl (C=O) groups excluding carboxylic acids is 1. The third-order valence-electron chi connectivity index (χ3n) is 2.78. The second kappa shape index (κ2) is 4.81. The number of nitro groups is 1. The van der Waals surface area contributed by atoms with E-state index < -0.39 is 10.8 Å². The van der Waals surface area contributed by atoms with Crippen LogP contribution in [0.5, 0.6) is 0 Å². The molecule has 8 nitrogen and oxygen atoms in total. The first kappa shape index (κ1) is 13.2. The van der Waals surface area contributed by atoms with Crippen molar-refractivity contribution in [3.05, 3.63) is 51.2 Å². The number of nitriles is 1. The summed E-state index contributed by atoms with van der Waals surface area (Å²) in [5.74, 6) is -0.792. The third-order valence-corrected chi connectivity index (χ3v) is 2.78. The van der Waals surface area contributed by atoms with Gasteiger partial charge in [0.1, 0.15) is 17.2 Å². The van der Waals surface area contributed by atoms with Crippen molar-refractivity contribution in [1.82, 2.24) is 9.78 Å². The fraction of sp³-hybridized carbons (Fsp3) is 0.0833. The fourth-order valence-corrected chi connectivity index (χ4v) is 1.79. The molecule has 1 heterocycles. The van der Waals surface area contributed by atoms with Gasteiger partial charge < -0.3 is 5.73 Å². The third kappa shape index (κ3) is 1.97. The van der Waals surface area contributed by atoms with Gasteiger partial charge in [-0.3, -0.25) is 14.9 Å². The zero-order chi connectivity index (χ0) is 14.9. The molecule has 0 saturated carbocycles. The molecule has 0 spiro atoms. The van der Waals surface area contributed by atoms with Gasteiger partial charge in [-0.25, -0.2) is 0 Å². The zero-order valence-corrected chi connectivity index (χ0v) is 10.4. The van der Waals surface area contributed by atoms with Crippen LogP contribution in [0.3, 0.4) is 0 Å². The molecule has 2 rings (SSSR count). The summed E-state index contributed by atoms with van der Waals surface area (Å²) in [5, 5.41) is 23.6. The molecule has 1 aromatic carbocycles. The summed E-state index contributed by atoms with van der Waals surface area (Å²) in [7, 11) is 0. The molecule has 0 atom stereocenters. The van der Waals surface area contributed by atoms with Crippen molar-refractivity contribution in [2.45, 2.75) is 6.92 Å². The number of nitro benzene ring substituents is 1. The molecule has 0 unspecified atom stereocenters. The lowest BCUT2D eigenvalue weighted by atomic mass is 10.1. The van der Waals surface area contributed by atoms with Crippen molar-refractivity contribution in [3.8, 4) is 6.07 Å². The predicted octanol–water partition coefficient (Wildman–Crippen LogP) is 1.24. The number of hydrogen-bond acceptors (Lipinski definition) is 6. The van der Waals surface area contributed by atoms with E-state index in [1.54, 1.807) is 0 Å². The van der Waals surface area contributed by atoms with Crippen LogP contribution in [0.2, 0.25) is 0 Å². The monoisotopic (exact) mass is 271 g/mol. The van der Waals surface area contributed by atoms with Crippen molar-refractivity contribution in [1.29, 1.82) is 5.26 Å².